The van der Waals surface area contributed by atoms with E-state index in [1.807, 2.05) is 42.5 Å². The number of carbonyl (C=O) groups is 1. The first-order valence-corrected chi connectivity index (χ1v) is 8.67. The molecule has 1 atom stereocenters. The smallest absolute Gasteiger partial charge is 0.252 e. The van der Waals surface area contributed by atoms with Crippen molar-refractivity contribution in [1.82, 2.24) is 5.32 Å². The van der Waals surface area contributed by atoms with Crippen molar-refractivity contribution in [2.75, 3.05) is 13.7 Å². The number of methoxy groups -OCH3 is 1. The van der Waals surface area contributed by atoms with E-state index < -0.39 is 6.10 Å². The molecule has 0 fully saturated rings. The van der Waals surface area contributed by atoms with Crippen LogP contribution in [0.2, 0.25) is 0 Å². The lowest BCUT2D eigenvalue weighted by atomic mass is 10.0. The monoisotopic (exact) mass is 399 g/mol. The molecular formula is C20H18BrNO3. The Kier molecular flexibility index (Phi) is 5.36. The van der Waals surface area contributed by atoms with Gasteiger partial charge in [0.15, 0.2) is 0 Å². The van der Waals surface area contributed by atoms with Gasteiger partial charge in [-0.3, -0.25) is 4.79 Å². The minimum atomic E-state index is -0.792. The Morgan fingerprint density at radius 2 is 1.92 bits per heavy atom. The Labute approximate surface area is 154 Å². The summed E-state index contributed by atoms with van der Waals surface area (Å²) >= 11 is 3.37. The first kappa shape index (κ1) is 17.5. The number of carbonyl (C=O) groups excluding carboxylic acids is 1. The SMILES string of the molecule is COc1ccc(Br)c(C(=O)NC[C@H](O)c2cccc3ccccc23)c1. The van der Waals surface area contributed by atoms with Gasteiger partial charge in [-0.15, -0.1) is 0 Å². The molecule has 0 unspecified atom stereocenters. The summed E-state index contributed by atoms with van der Waals surface area (Å²) in [5.41, 5.74) is 1.26. The second-order valence-electron chi connectivity index (χ2n) is 5.64. The number of benzene rings is 3. The number of hydrogen-bond acceptors (Lipinski definition) is 3. The molecule has 3 aromatic carbocycles. The van der Waals surface area contributed by atoms with Crippen molar-refractivity contribution in [2.45, 2.75) is 6.10 Å². The zero-order chi connectivity index (χ0) is 17.8. The van der Waals surface area contributed by atoms with Gasteiger partial charge in [0, 0.05) is 11.0 Å². The van der Waals surface area contributed by atoms with E-state index >= 15 is 0 Å². The van der Waals surface area contributed by atoms with Gasteiger partial charge in [-0.05, 0) is 50.5 Å². The number of ether oxygens (including phenoxy) is 1. The molecule has 0 heterocycles. The fourth-order valence-corrected chi connectivity index (χ4v) is 3.17. The van der Waals surface area contributed by atoms with Crippen molar-refractivity contribution in [2.24, 2.45) is 0 Å². The van der Waals surface area contributed by atoms with Gasteiger partial charge in [0.05, 0.1) is 18.8 Å². The molecule has 4 nitrogen and oxygen atoms in total. The third-order valence-electron chi connectivity index (χ3n) is 4.06. The van der Waals surface area contributed by atoms with Gasteiger partial charge in [0.2, 0.25) is 0 Å². The number of aliphatic hydroxyl groups excluding tert-OH is 1. The van der Waals surface area contributed by atoms with Crippen LogP contribution in [0.5, 0.6) is 5.75 Å². The summed E-state index contributed by atoms with van der Waals surface area (Å²) in [5, 5.41) is 15.4. The molecule has 0 spiro atoms. The first-order chi connectivity index (χ1) is 12.1. The van der Waals surface area contributed by atoms with E-state index in [0.717, 1.165) is 16.3 Å². The molecule has 0 aliphatic heterocycles. The highest BCUT2D eigenvalue weighted by molar-refractivity contribution is 9.10. The average molecular weight is 400 g/mol. The lowest BCUT2D eigenvalue weighted by Crippen LogP contribution is -2.28. The number of amides is 1. The van der Waals surface area contributed by atoms with Crippen molar-refractivity contribution in [3.8, 4) is 5.75 Å². The Morgan fingerprint density at radius 3 is 2.72 bits per heavy atom. The molecule has 25 heavy (non-hydrogen) atoms. The third kappa shape index (κ3) is 3.83. The van der Waals surface area contributed by atoms with E-state index in [1.54, 1.807) is 25.3 Å². The Balaban J connectivity index is 1.76. The fraction of sp³-hybridized carbons (Fsp3) is 0.150. The zero-order valence-corrected chi connectivity index (χ0v) is 15.3. The predicted molar refractivity (Wildman–Crippen MR) is 102 cm³/mol. The summed E-state index contributed by atoms with van der Waals surface area (Å²) in [7, 11) is 1.55. The highest BCUT2D eigenvalue weighted by Gasteiger charge is 2.15. The van der Waals surface area contributed by atoms with Crippen LogP contribution in [0.15, 0.2) is 65.1 Å². The Hall–Kier alpha value is -2.37. The fourth-order valence-electron chi connectivity index (χ4n) is 2.74. The molecule has 0 saturated heterocycles. The van der Waals surface area contributed by atoms with E-state index in [-0.39, 0.29) is 12.5 Å². The van der Waals surface area contributed by atoms with Gasteiger partial charge < -0.3 is 15.2 Å². The number of nitrogens with one attached hydrogen (secondary N) is 1. The van der Waals surface area contributed by atoms with E-state index in [2.05, 4.69) is 21.2 Å². The van der Waals surface area contributed by atoms with Crippen LogP contribution in [0, 0.1) is 0 Å². The molecule has 3 rings (SSSR count). The molecule has 0 radical (unpaired) electrons. The molecule has 1 amide bonds. The number of aliphatic hydroxyl groups is 1. The molecule has 0 aromatic heterocycles. The molecule has 2 N–H and O–H groups in total. The van der Waals surface area contributed by atoms with Gasteiger partial charge >= 0.3 is 0 Å². The number of hydrogen-bond donors (Lipinski definition) is 2. The maximum Gasteiger partial charge on any atom is 0.252 e. The molecule has 3 aromatic rings. The highest BCUT2D eigenvalue weighted by atomic mass is 79.9. The minimum absolute atomic E-state index is 0.122. The second kappa shape index (κ2) is 7.68. The van der Waals surface area contributed by atoms with Crippen LogP contribution < -0.4 is 10.1 Å². The molecular weight excluding hydrogens is 382 g/mol. The van der Waals surface area contributed by atoms with Crippen molar-refractivity contribution in [3.05, 3.63) is 76.3 Å². The Bertz CT molecular complexity index is 905. The summed E-state index contributed by atoms with van der Waals surface area (Å²) < 4.78 is 5.82. The van der Waals surface area contributed by atoms with Crippen LogP contribution in [0.4, 0.5) is 0 Å². The maximum atomic E-state index is 12.4. The summed E-state index contributed by atoms with van der Waals surface area (Å²) in [6, 6.07) is 18.8. The van der Waals surface area contributed by atoms with Crippen molar-refractivity contribution in [1.29, 1.82) is 0 Å². The molecule has 0 saturated carbocycles. The van der Waals surface area contributed by atoms with Crippen LogP contribution in [-0.4, -0.2) is 24.7 Å². The molecule has 5 heteroatoms. The van der Waals surface area contributed by atoms with Crippen LogP contribution in [0.3, 0.4) is 0 Å². The summed E-state index contributed by atoms with van der Waals surface area (Å²) in [6.07, 6.45) is -0.792. The quantitative estimate of drug-likeness (QED) is 0.679. The van der Waals surface area contributed by atoms with Crippen LogP contribution in [0.25, 0.3) is 10.8 Å². The topological polar surface area (TPSA) is 58.6 Å². The van der Waals surface area contributed by atoms with E-state index in [9.17, 15) is 9.90 Å². The zero-order valence-electron chi connectivity index (χ0n) is 13.7. The summed E-state index contributed by atoms with van der Waals surface area (Å²) in [6.45, 7) is 0.122. The second-order valence-corrected chi connectivity index (χ2v) is 6.49. The first-order valence-electron chi connectivity index (χ1n) is 7.87. The van der Waals surface area contributed by atoms with Crippen LogP contribution in [-0.2, 0) is 0 Å². The Morgan fingerprint density at radius 1 is 1.16 bits per heavy atom. The van der Waals surface area contributed by atoms with Gasteiger partial charge in [-0.2, -0.15) is 0 Å². The summed E-state index contributed by atoms with van der Waals surface area (Å²) in [4.78, 5) is 12.4. The normalized spacial score (nSPS) is 12.0. The van der Waals surface area contributed by atoms with Gasteiger partial charge in [0.25, 0.3) is 5.91 Å². The van der Waals surface area contributed by atoms with Crippen molar-refractivity contribution < 1.29 is 14.6 Å². The van der Waals surface area contributed by atoms with Crippen LogP contribution >= 0.6 is 15.9 Å². The van der Waals surface area contributed by atoms with E-state index in [1.165, 1.54) is 0 Å². The molecule has 0 aliphatic carbocycles. The third-order valence-corrected chi connectivity index (χ3v) is 4.75. The van der Waals surface area contributed by atoms with E-state index in [0.29, 0.717) is 15.8 Å². The van der Waals surface area contributed by atoms with E-state index in [4.69, 9.17) is 4.74 Å². The van der Waals surface area contributed by atoms with Crippen LogP contribution in [0.1, 0.15) is 22.0 Å². The predicted octanol–water partition coefficient (Wildman–Crippen LogP) is 4.07. The lowest BCUT2D eigenvalue weighted by molar-refractivity contribution is 0.0916. The molecule has 0 bridgehead atoms. The van der Waals surface area contributed by atoms with Gasteiger partial charge in [-0.1, -0.05) is 42.5 Å². The number of halogens is 1. The number of rotatable bonds is 5. The largest absolute Gasteiger partial charge is 0.497 e. The lowest BCUT2D eigenvalue weighted by Gasteiger charge is -2.15. The summed E-state index contributed by atoms with van der Waals surface area (Å²) in [5.74, 6) is 0.327. The minimum Gasteiger partial charge on any atom is -0.497 e. The van der Waals surface area contributed by atoms with Crippen molar-refractivity contribution >= 4 is 32.6 Å². The van der Waals surface area contributed by atoms with Crippen molar-refractivity contribution in [3.63, 3.8) is 0 Å². The maximum absolute atomic E-state index is 12.4. The standard InChI is InChI=1S/C20H18BrNO3/c1-25-14-9-10-18(21)17(11-14)20(24)22-12-19(23)16-8-4-6-13-5-2-3-7-15(13)16/h2-11,19,23H,12H2,1H3,(H,22,24)/t19-/m0/s1. The molecule has 0 aliphatic rings. The average Bonchev–Trinajstić information content (AvgIpc) is 2.65. The number of fused-ring (bicyclic) bond motifs is 1. The van der Waals surface area contributed by atoms with Gasteiger partial charge in [0.1, 0.15) is 5.75 Å². The van der Waals surface area contributed by atoms with Gasteiger partial charge in [-0.25, -0.2) is 0 Å². The molecule has 128 valence electrons. The highest BCUT2D eigenvalue weighted by Crippen LogP contribution is 2.25.